The van der Waals surface area contributed by atoms with E-state index in [-0.39, 0.29) is 0 Å². The summed E-state index contributed by atoms with van der Waals surface area (Å²) in [6, 6.07) is 9.06. The molecule has 1 aromatic rings. The minimum atomic E-state index is 0.723. The second-order valence-corrected chi connectivity index (χ2v) is 6.42. The van der Waals surface area contributed by atoms with Gasteiger partial charge in [0.1, 0.15) is 0 Å². The molecule has 0 aliphatic rings. The minimum absolute atomic E-state index is 0.723. The summed E-state index contributed by atoms with van der Waals surface area (Å²) >= 11 is 0. The molecular formula is C19H32N2. The monoisotopic (exact) mass is 288 g/mol. The van der Waals surface area contributed by atoms with Gasteiger partial charge in [-0.3, -0.25) is 4.90 Å². The lowest BCUT2D eigenvalue weighted by molar-refractivity contribution is 0.304. The fourth-order valence-electron chi connectivity index (χ4n) is 2.35. The SMILES string of the molecule is C=C(C)CN(CC)Cc1ccc(CCNCC(C)C)cc1. The van der Waals surface area contributed by atoms with E-state index in [1.807, 2.05) is 0 Å². The summed E-state index contributed by atoms with van der Waals surface area (Å²) in [7, 11) is 0. The van der Waals surface area contributed by atoms with E-state index in [0.717, 1.165) is 45.1 Å². The molecule has 0 aromatic heterocycles. The smallest absolute Gasteiger partial charge is 0.0237 e. The third kappa shape index (κ3) is 8.03. The summed E-state index contributed by atoms with van der Waals surface area (Å²) in [6.07, 6.45) is 1.11. The molecule has 1 rings (SSSR count). The molecule has 0 unspecified atom stereocenters. The first-order valence-electron chi connectivity index (χ1n) is 8.16. The van der Waals surface area contributed by atoms with E-state index in [0.29, 0.717) is 0 Å². The lowest BCUT2D eigenvalue weighted by atomic mass is 10.1. The molecule has 0 fully saturated rings. The van der Waals surface area contributed by atoms with Gasteiger partial charge >= 0.3 is 0 Å². The summed E-state index contributed by atoms with van der Waals surface area (Å²) in [5, 5.41) is 3.49. The van der Waals surface area contributed by atoms with E-state index in [9.17, 15) is 0 Å². The molecular weight excluding hydrogens is 256 g/mol. The van der Waals surface area contributed by atoms with Crippen LogP contribution < -0.4 is 5.32 Å². The Bertz CT molecular complexity index is 406. The fraction of sp³-hybridized carbons (Fsp3) is 0.579. The molecule has 21 heavy (non-hydrogen) atoms. The van der Waals surface area contributed by atoms with Crippen LogP contribution in [0.5, 0.6) is 0 Å². The number of benzene rings is 1. The molecule has 0 spiro atoms. The molecule has 1 aromatic carbocycles. The van der Waals surface area contributed by atoms with E-state index in [2.05, 4.69) is 68.8 Å². The van der Waals surface area contributed by atoms with E-state index in [4.69, 9.17) is 0 Å². The van der Waals surface area contributed by atoms with Crippen LogP contribution in [0.1, 0.15) is 38.8 Å². The van der Waals surface area contributed by atoms with Crippen molar-refractivity contribution in [1.82, 2.24) is 10.2 Å². The average Bonchev–Trinajstić information content (AvgIpc) is 2.43. The molecule has 0 bridgehead atoms. The first-order valence-corrected chi connectivity index (χ1v) is 8.16. The number of rotatable bonds is 10. The lowest BCUT2D eigenvalue weighted by Gasteiger charge is -2.20. The largest absolute Gasteiger partial charge is 0.316 e. The van der Waals surface area contributed by atoms with Gasteiger partial charge in [-0.05, 0) is 50.0 Å². The maximum Gasteiger partial charge on any atom is 0.0237 e. The predicted molar refractivity (Wildman–Crippen MR) is 93.6 cm³/mol. The van der Waals surface area contributed by atoms with Crippen molar-refractivity contribution in [2.45, 2.75) is 40.7 Å². The van der Waals surface area contributed by atoms with Crippen LogP contribution in [-0.4, -0.2) is 31.1 Å². The molecule has 118 valence electrons. The predicted octanol–water partition coefficient (Wildman–Crippen LogP) is 3.87. The Morgan fingerprint density at radius 1 is 1.19 bits per heavy atom. The maximum atomic E-state index is 4.00. The first kappa shape index (κ1) is 17.9. The van der Waals surface area contributed by atoms with Crippen molar-refractivity contribution in [3.8, 4) is 0 Å². The van der Waals surface area contributed by atoms with Crippen molar-refractivity contribution in [2.75, 3.05) is 26.2 Å². The molecule has 0 saturated carbocycles. The van der Waals surface area contributed by atoms with Crippen LogP contribution in [0.4, 0.5) is 0 Å². The molecule has 0 amide bonds. The van der Waals surface area contributed by atoms with E-state index < -0.39 is 0 Å². The minimum Gasteiger partial charge on any atom is -0.316 e. The van der Waals surface area contributed by atoms with Gasteiger partial charge in [0.15, 0.2) is 0 Å². The van der Waals surface area contributed by atoms with Crippen LogP contribution in [0, 0.1) is 5.92 Å². The maximum absolute atomic E-state index is 4.00. The second kappa shape index (κ2) is 9.75. The third-order valence-electron chi connectivity index (χ3n) is 3.51. The number of hydrogen-bond acceptors (Lipinski definition) is 2. The van der Waals surface area contributed by atoms with E-state index in [1.54, 1.807) is 0 Å². The van der Waals surface area contributed by atoms with Crippen LogP contribution >= 0.6 is 0 Å². The Morgan fingerprint density at radius 3 is 2.33 bits per heavy atom. The van der Waals surface area contributed by atoms with Crippen molar-refractivity contribution in [3.63, 3.8) is 0 Å². The summed E-state index contributed by atoms with van der Waals surface area (Å²) in [5.74, 6) is 0.723. The summed E-state index contributed by atoms with van der Waals surface area (Å²) in [6.45, 7) is 18.0. The Hall–Kier alpha value is -1.12. The standard InChI is InChI=1S/C19H32N2/c1-6-21(14-17(4)5)15-19-9-7-18(8-10-19)11-12-20-13-16(2)3/h7-10,16,20H,4,6,11-15H2,1-3,5H3. The van der Waals surface area contributed by atoms with Crippen LogP contribution in [-0.2, 0) is 13.0 Å². The zero-order valence-corrected chi connectivity index (χ0v) is 14.3. The average molecular weight is 288 g/mol. The van der Waals surface area contributed by atoms with E-state index >= 15 is 0 Å². The molecule has 1 N–H and O–H groups in total. The van der Waals surface area contributed by atoms with Gasteiger partial charge in [-0.1, -0.05) is 57.2 Å². The Labute approximate surface area is 131 Å². The molecule has 0 radical (unpaired) electrons. The van der Waals surface area contributed by atoms with Gasteiger partial charge in [-0.2, -0.15) is 0 Å². The van der Waals surface area contributed by atoms with Gasteiger partial charge in [0.2, 0.25) is 0 Å². The molecule has 2 heteroatoms. The van der Waals surface area contributed by atoms with Gasteiger partial charge in [0.25, 0.3) is 0 Å². The van der Waals surface area contributed by atoms with Gasteiger partial charge in [-0.15, -0.1) is 0 Å². The van der Waals surface area contributed by atoms with Crippen molar-refractivity contribution < 1.29 is 0 Å². The quantitative estimate of drug-likeness (QED) is 0.519. The summed E-state index contributed by atoms with van der Waals surface area (Å²) in [5.41, 5.74) is 4.03. The Balaban J connectivity index is 2.40. The molecule has 0 atom stereocenters. The second-order valence-electron chi connectivity index (χ2n) is 6.42. The van der Waals surface area contributed by atoms with Crippen molar-refractivity contribution >= 4 is 0 Å². The summed E-state index contributed by atoms with van der Waals surface area (Å²) in [4.78, 5) is 2.42. The highest BCUT2D eigenvalue weighted by Gasteiger charge is 2.04. The van der Waals surface area contributed by atoms with E-state index in [1.165, 1.54) is 16.7 Å². The first-order chi connectivity index (χ1) is 10.0. The van der Waals surface area contributed by atoms with Crippen molar-refractivity contribution in [1.29, 1.82) is 0 Å². The lowest BCUT2D eigenvalue weighted by Crippen LogP contribution is -2.24. The fourth-order valence-corrected chi connectivity index (χ4v) is 2.35. The molecule has 2 nitrogen and oxygen atoms in total. The van der Waals surface area contributed by atoms with Gasteiger partial charge in [-0.25, -0.2) is 0 Å². The normalized spacial score (nSPS) is 11.3. The van der Waals surface area contributed by atoms with Gasteiger partial charge in [0, 0.05) is 13.1 Å². The highest BCUT2D eigenvalue weighted by molar-refractivity contribution is 5.23. The topological polar surface area (TPSA) is 15.3 Å². The number of likely N-dealkylation sites (N-methyl/N-ethyl adjacent to an activating group) is 1. The van der Waals surface area contributed by atoms with Crippen molar-refractivity contribution in [3.05, 3.63) is 47.5 Å². The zero-order chi connectivity index (χ0) is 15.7. The van der Waals surface area contributed by atoms with Crippen LogP contribution in [0.25, 0.3) is 0 Å². The third-order valence-corrected chi connectivity index (χ3v) is 3.51. The zero-order valence-electron chi connectivity index (χ0n) is 14.3. The highest BCUT2D eigenvalue weighted by atomic mass is 15.1. The number of nitrogens with zero attached hydrogens (tertiary/aromatic N) is 1. The number of nitrogens with one attached hydrogen (secondary N) is 1. The van der Waals surface area contributed by atoms with Crippen LogP contribution in [0.2, 0.25) is 0 Å². The summed E-state index contributed by atoms with van der Waals surface area (Å²) < 4.78 is 0. The molecule has 0 saturated heterocycles. The van der Waals surface area contributed by atoms with Crippen LogP contribution in [0.3, 0.4) is 0 Å². The Kier molecular flexibility index (Phi) is 8.33. The Morgan fingerprint density at radius 2 is 1.81 bits per heavy atom. The van der Waals surface area contributed by atoms with Crippen molar-refractivity contribution in [2.24, 2.45) is 5.92 Å². The van der Waals surface area contributed by atoms with Crippen LogP contribution in [0.15, 0.2) is 36.4 Å². The highest BCUT2D eigenvalue weighted by Crippen LogP contribution is 2.09. The van der Waals surface area contributed by atoms with Gasteiger partial charge in [0.05, 0.1) is 0 Å². The molecule has 0 heterocycles. The molecule has 0 aliphatic heterocycles. The molecule has 0 aliphatic carbocycles. The van der Waals surface area contributed by atoms with Gasteiger partial charge < -0.3 is 5.32 Å². The number of hydrogen-bond donors (Lipinski definition) is 1.